The van der Waals surface area contributed by atoms with Crippen molar-refractivity contribution in [3.8, 4) is 0 Å². The Morgan fingerprint density at radius 1 is 1.26 bits per heavy atom. The summed E-state index contributed by atoms with van der Waals surface area (Å²) in [6.45, 7) is 0.496. The fourth-order valence-electron chi connectivity index (χ4n) is 1.55. The number of aromatic amines is 1. The zero-order chi connectivity index (χ0) is 13.7. The second-order valence-corrected chi connectivity index (χ2v) is 4.08. The minimum Gasteiger partial charge on any atom is -0.323 e. The van der Waals surface area contributed by atoms with Crippen LogP contribution in [0.2, 0.25) is 0 Å². The lowest BCUT2D eigenvalue weighted by atomic mass is 10.2. The molecule has 0 fully saturated rings. The van der Waals surface area contributed by atoms with Gasteiger partial charge in [0, 0.05) is 19.7 Å². The summed E-state index contributed by atoms with van der Waals surface area (Å²) in [6, 6.07) is 12.1. The number of urea groups is 1. The summed E-state index contributed by atoms with van der Waals surface area (Å²) in [4.78, 5) is 24.3. The van der Waals surface area contributed by atoms with Crippen molar-refractivity contribution in [2.75, 3.05) is 12.4 Å². The zero-order valence-electron chi connectivity index (χ0n) is 10.5. The Balaban J connectivity index is 1.96. The van der Waals surface area contributed by atoms with E-state index in [1.54, 1.807) is 7.05 Å². The number of carbonyl (C=O) groups is 1. The van der Waals surface area contributed by atoms with Crippen LogP contribution in [0.25, 0.3) is 0 Å². The summed E-state index contributed by atoms with van der Waals surface area (Å²) in [5.74, 6) is 0.310. The molecule has 1 aromatic heterocycles. The summed E-state index contributed by atoms with van der Waals surface area (Å²) in [5, 5.41) is 8.56. The first-order valence-electron chi connectivity index (χ1n) is 5.77. The topological polar surface area (TPSA) is 78.1 Å². The maximum absolute atomic E-state index is 11.9. The van der Waals surface area contributed by atoms with Gasteiger partial charge in [0.25, 0.3) is 5.56 Å². The first-order chi connectivity index (χ1) is 9.15. The molecule has 1 aromatic carbocycles. The van der Waals surface area contributed by atoms with Gasteiger partial charge in [-0.1, -0.05) is 30.3 Å². The molecule has 6 heteroatoms. The molecule has 6 nitrogen and oxygen atoms in total. The Morgan fingerprint density at radius 2 is 2.00 bits per heavy atom. The second-order valence-electron chi connectivity index (χ2n) is 4.08. The molecule has 0 saturated carbocycles. The number of amides is 2. The van der Waals surface area contributed by atoms with Gasteiger partial charge in [0.2, 0.25) is 0 Å². The molecule has 0 spiro atoms. The highest BCUT2D eigenvalue weighted by Gasteiger charge is 2.09. The predicted molar refractivity (Wildman–Crippen MR) is 71.8 cm³/mol. The minimum atomic E-state index is -0.310. The van der Waals surface area contributed by atoms with Crippen LogP contribution < -0.4 is 10.9 Å². The van der Waals surface area contributed by atoms with Crippen LogP contribution in [0.1, 0.15) is 5.56 Å². The van der Waals surface area contributed by atoms with Crippen LogP contribution in [0, 0.1) is 0 Å². The Morgan fingerprint density at radius 3 is 2.63 bits per heavy atom. The van der Waals surface area contributed by atoms with E-state index in [-0.39, 0.29) is 11.6 Å². The van der Waals surface area contributed by atoms with Gasteiger partial charge >= 0.3 is 6.03 Å². The largest absolute Gasteiger partial charge is 0.323 e. The van der Waals surface area contributed by atoms with Crippen molar-refractivity contribution in [3.05, 3.63) is 58.4 Å². The quantitative estimate of drug-likeness (QED) is 0.874. The van der Waals surface area contributed by atoms with Gasteiger partial charge in [-0.2, -0.15) is 5.10 Å². The molecular weight excluding hydrogens is 244 g/mol. The monoisotopic (exact) mass is 258 g/mol. The van der Waals surface area contributed by atoms with Crippen molar-refractivity contribution in [2.24, 2.45) is 0 Å². The van der Waals surface area contributed by atoms with Gasteiger partial charge in [0.05, 0.1) is 0 Å². The van der Waals surface area contributed by atoms with E-state index in [2.05, 4.69) is 15.5 Å². The van der Waals surface area contributed by atoms with Gasteiger partial charge in [-0.25, -0.2) is 9.89 Å². The number of carbonyl (C=O) groups excluding carboxylic acids is 1. The van der Waals surface area contributed by atoms with E-state index in [1.165, 1.54) is 17.0 Å². The molecule has 0 unspecified atom stereocenters. The summed E-state index contributed by atoms with van der Waals surface area (Å²) in [6.07, 6.45) is 0. The van der Waals surface area contributed by atoms with Crippen molar-refractivity contribution in [1.82, 2.24) is 15.1 Å². The van der Waals surface area contributed by atoms with Crippen LogP contribution in [0.5, 0.6) is 0 Å². The molecule has 2 aromatic rings. The molecule has 98 valence electrons. The molecule has 0 bridgehead atoms. The lowest BCUT2D eigenvalue weighted by Gasteiger charge is -2.17. The Kier molecular flexibility index (Phi) is 3.92. The van der Waals surface area contributed by atoms with E-state index in [9.17, 15) is 9.59 Å². The lowest BCUT2D eigenvalue weighted by Crippen LogP contribution is -2.31. The van der Waals surface area contributed by atoms with Gasteiger partial charge in [0.15, 0.2) is 5.82 Å². The van der Waals surface area contributed by atoms with Crippen LogP contribution in [0.15, 0.2) is 47.3 Å². The molecule has 19 heavy (non-hydrogen) atoms. The van der Waals surface area contributed by atoms with Crippen LogP contribution in [-0.4, -0.2) is 28.2 Å². The Labute approximate surface area is 110 Å². The van der Waals surface area contributed by atoms with E-state index in [0.717, 1.165) is 5.56 Å². The molecular formula is C13H14N4O2. The SMILES string of the molecule is CN(Cc1ccccc1)C(=O)Nc1ccc(=O)[nH]n1. The van der Waals surface area contributed by atoms with Crippen LogP contribution in [-0.2, 0) is 6.54 Å². The van der Waals surface area contributed by atoms with Gasteiger partial charge in [0.1, 0.15) is 0 Å². The average molecular weight is 258 g/mol. The van der Waals surface area contributed by atoms with Gasteiger partial charge in [-0.15, -0.1) is 0 Å². The summed E-state index contributed by atoms with van der Waals surface area (Å²) in [5.41, 5.74) is 0.727. The Bertz CT molecular complexity index is 589. The molecule has 1 heterocycles. The van der Waals surface area contributed by atoms with E-state index in [0.29, 0.717) is 12.4 Å². The zero-order valence-corrected chi connectivity index (χ0v) is 10.5. The number of H-pyrrole nitrogens is 1. The van der Waals surface area contributed by atoms with E-state index in [1.807, 2.05) is 30.3 Å². The number of aromatic nitrogens is 2. The average Bonchev–Trinajstić information content (AvgIpc) is 2.42. The maximum Gasteiger partial charge on any atom is 0.323 e. The lowest BCUT2D eigenvalue weighted by molar-refractivity contribution is 0.220. The van der Waals surface area contributed by atoms with E-state index in [4.69, 9.17) is 0 Å². The van der Waals surface area contributed by atoms with E-state index >= 15 is 0 Å². The molecule has 2 amide bonds. The molecule has 2 N–H and O–H groups in total. The molecule has 0 atom stereocenters. The highest BCUT2D eigenvalue weighted by Crippen LogP contribution is 2.05. The van der Waals surface area contributed by atoms with Crippen LogP contribution >= 0.6 is 0 Å². The fraction of sp³-hybridized carbons (Fsp3) is 0.154. The number of nitrogens with zero attached hydrogens (tertiary/aromatic N) is 2. The molecule has 0 saturated heterocycles. The third-order valence-corrected chi connectivity index (χ3v) is 2.52. The standard InChI is InChI=1S/C13H14N4O2/c1-17(9-10-5-3-2-4-6-10)13(19)14-11-7-8-12(18)16-15-11/h2-8H,9H2,1H3,(H,16,18)(H,14,15,19). The van der Waals surface area contributed by atoms with Crippen molar-refractivity contribution in [3.63, 3.8) is 0 Å². The highest BCUT2D eigenvalue weighted by atomic mass is 16.2. The predicted octanol–water partition coefficient (Wildman–Crippen LogP) is 1.43. The van der Waals surface area contributed by atoms with Crippen molar-refractivity contribution in [1.29, 1.82) is 0 Å². The Hall–Kier alpha value is -2.63. The third-order valence-electron chi connectivity index (χ3n) is 2.52. The first kappa shape index (κ1) is 12.8. The summed E-state index contributed by atoms with van der Waals surface area (Å²) in [7, 11) is 1.69. The number of hydrogen-bond donors (Lipinski definition) is 2. The first-order valence-corrected chi connectivity index (χ1v) is 5.77. The number of hydrogen-bond acceptors (Lipinski definition) is 3. The van der Waals surface area contributed by atoms with Crippen molar-refractivity contribution >= 4 is 11.8 Å². The number of rotatable bonds is 3. The minimum absolute atomic E-state index is 0.289. The van der Waals surface area contributed by atoms with Gasteiger partial charge in [-0.05, 0) is 11.6 Å². The summed E-state index contributed by atoms with van der Waals surface area (Å²) < 4.78 is 0. The molecule has 0 radical (unpaired) electrons. The van der Waals surface area contributed by atoms with Crippen molar-refractivity contribution < 1.29 is 4.79 Å². The van der Waals surface area contributed by atoms with E-state index < -0.39 is 0 Å². The summed E-state index contributed by atoms with van der Waals surface area (Å²) >= 11 is 0. The normalized spacial score (nSPS) is 9.95. The van der Waals surface area contributed by atoms with Gasteiger partial charge < -0.3 is 4.90 Å². The van der Waals surface area contributed by atoms with Crippen LogP contribution in [0.3, 0.4) is 0 Å². The fourth-order valence-corrected chi connectivity index (χ4v) is 1.55. The second kappa shape index (κ2) is 5.81. The molecule has 2 rings (SSSR count). The highest BCUT2D eigenvalue weighted by molar-refractivity contribution is 5.87. The molecule has 0 aliphatic rings. The molecule has 0 aliphatic carbocycles. The maximum atomic E-state index is 11.9. The smallest absolute Gasteiger partial charge is 0.323 e. The third kappa shape index (κ3) is 3.67. The number of nitrogens with one attached hydrogen (secondary N) is 2. The number of benzene rings is 1. The molecule has 0 aliphatic heterocycles. The number of anilines is 1. The van der Waals surface area contributed by atoms with Crippen molar-refractivity contribution in [2.45, 2.75) is 6.54 Å². The van der Waals surface area contributed by atoms with Crippen LogP contribution in [0.4, 0.5) is 10.6 Å². The van der Waals surface area contributed by atoms with Gasteiger partial charge in [-0.3, -0.25) is 10.1 Å².